The average molecular weight is 306 g/mol. The highest BCUT2D eigenvalue weighted by Gasteiger charge is 2.23. The highest BCUT2D eigenvalue weighted by molar-refractivity contribution is 8.00. The number of hydrogen-bond donors (Lipinski definition) is 1. The second-order valence-corrected chi connectivity index (χ2v) is 7.79. The average Bonchev–Trinajstić information content (AvgIpc) is 2.57. The molecule has 0 saturated carbocycles. The highest BCUT2D eigenvalue weighted by Crippen LogP contribution is 2.31. The third-order valence-electron chi connectivity index (χ3n) is 3.63. The summed E-state index contributed by atoms with van der Waals surface area (Å²) in [6, 6.07) is 5.04. The third-order valence-corrected chi connectivity index (χ3v) is 5.00. The van der Waals surface area contributed by atoms with Crippen molar-refractivity contribution in [2.45, 2.75) is 31.6 Å². The van der Waals surface area contributed by atoms with Gasteiger partial charge >= 0.3 is 0 Å². The first kappa shape index (κ1) is 16.4. The predicted octanol–water partition coefficient (Wildman–Crippen LogP) is 2.85. The van der Waals surface area contributed by atoms with Crippen LogP contribution in [0.5, 0.6) is 0 Å². The summed E-state index contributed by atoms with van der Waals surface area (Å²) in [5.41, 5.74) is 7.06. The van der Waals surface area contributed by atoms with E-state index in [1.54, 1.807) is 6.07 Å². The Hall–Kier alpha value is -1.02. The summed E-state index contributed by atoms with van der Waals surface area (Å²) in [6.07, 6.45) is 1.16. The maximum absolute atomic E-state index is 13.7. The zero-order valence-electron chi connectivity index (χ0n) is 12.8. The molecule has 0 spiro atoms. The molecular weight excluding hydrogens is 283 g/mol. The molecule has 4 heteroatoms. The number of hydrogen-bond acceptors (Lipinski definition) is 3. The van der Waals surface area contributed by atoms with Gasteiger partial charge in [-0.05, 0) is 36.7 Å². The van der Waals surface area contributed by atoms with Gasteiger partial charge in [-0.3, -0.25) is 4.90 Å². The Kier molecular flexibility index (Phi) is 5.69. The van der Waals surface area contributed by atoms with Gasteiger partial charge in [-0.25, -0.2) is 4.39 Å². The van der Waals surface area contributed by atoms with Crippen LogP contribution < -0.4 is 5.73 Å². The van der Waals surface area contributed by atoms with Crippen LogP contribution in [0.4, 0.5) is 4.39 Å². The molecule has 0 bridgehead atoms. The minimum Gasteiger partial charge on any atom is -0.320 e. The molecule has 1 saturated heterocycles. The fourth-order valence-corrected chi connectivity index (χ4v) is 3.58. The van der Waals surface area contributed by atoms with E-state index in [0.717, 1.165) is 37.4 Å². The Morgan fingerprint density at radius 1 is 1.33 bits per heavy atom. The molecule has 0 unspecified atom stereocenters. The lowest BCUT2D eigenvalue weighted by Crippen LogP contribution is -2.26. The lowest BCUT2D eigenvalue weighted by molar-refractivity contribution is 0.276. The van der Waals surface area contributed by atoms with Gasteiger partial charge in [0.25, 0.3) is 0 Å². The molecule has 1 aromatic rings. The van der Waals surface area contributed by atoms with Crippen molar-refractivity contribution in [1.29, 1.82) is 0 Å². The highest BCUT2D eigenvalue weighted by atomic mass is 32.2. The summed E-state index contributed by atoms with van der Waals surface area (Å²) in [6.45, 7) is 7.78. The van der Waals surface area contributed by atoms with Gasteiger partial charge in [0.15, 0.2) is 0 Å². The molecule has 0 radical (unpaired) electrons. The molecule has 1 heterocycles. The molecule has 0 aliphatic carbocycles. The summed E-state index contributed by atoms with van der Waals surface area (Å²) >= 11 is 2.02. The normalized spacial score (nSPS) is 18.7. The van der Waals surface area contributed by atoms with Gasteiger partial charge in [0, 0.05) is 29.2 Å². The van der Waals surface area contributed by atoms with Crippen molar-refractivity contribution < 1.29 is 4.39 Å². The first-order valence-electron chi connectivity index (χ1n) is 7.33. The fourth-order valence-electron chi connectivity index (χ4n) is 2.45. The second kappa shape index (κ2) is 7.31. The largest absolute Gasteiger partial charge is 0.320 e. The van der Waals surface area contributed by atoms with E-state index in [4.69, 9.17) is 5.73 Å². The summed E-state index contributed by atoms with van der Waals surface area (Å²) < 4.78 is 14.0. The van der Waals surface area contributed by atoms with Gasteiger partial charge in [-0.1, -0.05) is 25.7 Å². The number of rotatable bonds is 2. The summed E-state index contributed by atoms with van der Waals surface area (Å²) in [5, 5.41) is 0. The molecule has 114 valence electrons. The van der Waals surface area contributed by atoms with Gasteiger partial charge in [-0.2, -0.15) is 11.8 Å². The van der Waals surface area contributed by atoms with Crippen molar-refractivity contribution in [3.8, 4) is 11.8 Å². The molecule has 1 aromatic carbocycles. The number of halogens is 1. The van der Waals surface area contributed by atoms with Crippen LogP contribution in [0.1, 0.15) is 31.4 Å². The van der Waals surface area contributed by atoms with Gasteiger partial charge in [-0.15, -0.1) is 0 Å². The Morgan fingerprint density at radius 3 is 2.90 bits per heavy atom. The molecule has 1 aliphatic heterocycles. The maximum atomic E-state index is 13.7. The van der Waals surface area contributed by atoms with Crippen LogP contribution in [-0.4, -0.2) is 35.0 Å². The standard InChI is InChI=1S/C17H23FN2S/c1-17(2)5-7-20(8-9-21-17)13-15-10-14(4-3-6-19)11-16(18)12-15/h10-12H,5-9,13,19H2,1-2H3. The Morgan fingerprint density at radius 2 is 2.14 bits per heavy atom. The number of nitrogens with zero attached hydrogens (tertiary/aromatic N) is 1. The van der Waals surface area contributed by atoms with Gasteiger partial charge < -0.3 is 5.73 Å². The van der Waals surface area contributed by atoms with E-state index < -0.39 is 0 Å². The van der Waals surface area contributed by atoms with Crippen molar-refractivity contribution >= 4 is 11.8 Å². The van der Waals surface area contributed by atoms with Crippen LogP contribution in [0.25, 0.3) is 0 Å². The zero-order valence-corrected chi connectivity index (χ0v) is 13.6. The molecular formula is C17H23FN2S. The Labute approximate surface area is 131 Å². The topological polar surface area (TPSA) is 29.3 Å². The molecule has 0 amide bonds. The van der Waals surface area contributed by atoms with E-state index >= 15 is 0 Å². The summed E-state index contributed by atoms with van der Waals surface area (Å²) in [5.74, 6) is 6.59. The maximum Gasteiger partial charge on any atom is 0.124 e. The SMILES string of the molecule is CC1(C)CCN(Cc2cc(F)cc(C#CCN)c2)CCS1. The minimum atomic E-state index is -0.224. The second-order valence-electron chi connectivity index (χ2n) is 5.99. The molecule has 21 heavy (non-hydrogen) atoms. The van der Waals surface area contributed by atoms with Crippen LogP contribution in [0, 0.1) is 17.7 Å². The van der Waals surface area contributed by atoms with Crippen LogP contribution >= 0.6 is 11.8 Å². The van der Waals surface area contributed by atoms with Crippen molar-refractivity contribution in [2.75, 3.05) is 25.4 Å². The van der Waals surface area contributed by atoms with Gasteiger partial charge in [0.05, 0.1) is 6.54 Å². The third kappa shape index (κ3) is 5.35. The van der Waals surface area contributed by atoms with E-state index in [1.165, 1.54) is 6.07 Å². The molecule has 2 rings (SSSR count). The first-order valence-corrected chi connectivity index (χ1v) is 8.32. The first-order chi connectivity index (χ1) is 9.98. The van der Waals surface area contributed by atoms with Gasteiger partial charge in [0.1, 0.15) is 5.82 Å². The van der Waals surface area contributed by atoms with Crippen LogP contribution in [-0.2, 0) is 6.54 Å². The summed E-state index contributed by atoms with van der Waals surface area (Å²) in [7, 11) is 0. The van der Waals surface area contributed by atoms with E-state index in [2.05, 4.69) is 30.6 Å². The van der Waals surface area contributed by atoms with Gasteiger partial charge in [0.2, 0.25) is 0 Å². The van der Waals surface area contributed by atoms with Crippen molar-refractivity contribution in [1.82, 2.24) is 4.90 Å². The molecule has 1 aliphatic rings. The van der Waals surface area contributed by atoms with E-state index in [0.29, 0.717) is 16.9 Å². The zero-order chi connectivity index (χ0) is 15.3. The predicted molar refractivity (Wildman–Crippen MR) is 88.8 cm³/mol. The lowest BCUT2D eigenvalue weighted by atomic mass is 10.1. The summed E-state index contributed by atoms with van der Waals surface area (Å²) in [4.78, 5) is 2.40. The van der Waals surface area contributed by atoms with E-state index in [1.807, 2.05) is 17.8 Å². The lowest BCUT2D eigenvalue weighted by Gasteiger charge is -2.22. The molecule has 2 nitrogen and oxygen atoms in total. The number of benzene rings is 1. The fraction of sp³-hybridized carbons (Fsp3) is 0.529. The Bertz CT molecular complexity index is 545. The minimum absolute atomic E-state index is 0.224. The molecule has 0 aromatic heterocycles. The monoisotopic (exact) mass is 306 g/mol. The molecule has 1 fully saturated rings. The van der Waals surface area contributed by atoms with E-state index in [9.17, 15) is 4.39 Å². The van der Waals surface area contributed by atoms with Crippen LogP contribution in [0.3, 0.4) is 0 Å². The Balaban J connectivity index is 2.07. The van der Waals surface area contributed by atoms with Crippen LogP contribution in [0.15, 0.2) is 18.2 Å². The van der Waals surface area contributed by atoms with Crippen molar-refractivity contribution in [2.24, 2.45) is 5.73 Å². The van der Waals surface area contributed by atoms with Crippen LogP contribution in [0.2, 0.25) is 0 Å². The smallest absolute Gasteiger partial charge is 0.124 e. The molecule has 2 N–H and O–H groups in total. The molecule has 0 atom stereocenters. The quantitative estimate of drug-likeness (QED) is 0.852. The van der Waals surface area contributed by atoms with Crippen molar-refractivity contribution in [3.63, 3.8) is 0 Å². The van der Waals surface area contributed by atoms with Crippen molar-refractivity contribution in [3.05, 3.63) is 35.1 Å². The van der Waals surface area contributed by atoms with E-state index in [-0.39, 0.29) is 5.82 Å². The number of nitrogens with two attached hydrogens (primary N) is 1. The number of thioether (sulfide) groups is 1.